The second-order valence-corrected chi connectivity index (χ2v) is 4.96. The average molecular weight is 309 g/mol. The molecule has 2 rings (SSSR count). The summed E-state index contributed by atoms with van der Waals surface area (Å²) >= 11 is 3.33. The van der Waals surface area contributed by atoms with Gasteiger partial charge in [0, 0.05) is 23.4 Å². The first-order valence-corrected chi connectivity index (χ1v) is 6.20. The Hall–Kier alpha value is -1.69. The van der Waals surface area contributed by atoms with Crippen LogP contribution in [-0.4, -0.2) is 20.7 Å². The number of halogens is 1. The predicted molar refractivity (Wildman–Crippen MR) is 72.6 cm³/mol. The first kappa shape index (κ1) is 12.8. The van der Waals surface area contributed by atoms with Crippen LogP contribution in [0.2, 0.25) is 0 Å². The van der Waals surface area contributed by atoms with E-state index in [1.54, 1.807) is 24.1 Å². The van der Waals surface area contributed by atoms with Gasteiger partial charge in [-0.1, -0.05) is 0 Å². The van der Waals surface area contributed by atoms with Crippen molar-refractivity contribution >= 4 is 27.7 Å². The second-order valence-electron chi connectivity index (χ2n) is 4.04. The molecule has 2 aromatic heterocycles. The van der Waals surface area contributed by atoms with Gasteiger partial charge >= 0.3 is 0 Å². The number of carbonyl (C=O) groups excluding carboxylic acids is 1. The van der Waals surface area contributed by atoms with E-state index in [9.17, 15) is 4.79 Å². The van der Waals surface area contributed by atoms with Gasteiger partial charge in [0.2, 0.25) is 0 Å². The van der Waals surface area contributed by atoms with Gasteiger partial charge < -0.3 is 5.32 Å². The normalized spacial score (nSPS) is 10.4. The number of amides is 1. The summed E-state index contributed by atoms with van der Waals surface area (Å²) in [5.41, 5.74) is 2.28. The van der Waals surface area contributed by atoms with Gasteiger partial charge in [-0.2, -0.15) is 5.10 Å². The summed E-state index contributed by atoms with van der Waals surface area (Å²) < 4.78 is 2.55. The highest BCUT2D eigenvalue weighted by atomic mass is 79.9. The molecule has 6 heteroatoms. The van der Waals surface area contributed by atoms with Crippen molar-refractivity contribution in [1.29, 1.82) is 0 Å². The van der Waals surface area contributed by atoms with Crippen molar-refractivity contribution in [3.63, 3.8) is 0 Å². The van der Waals surface area contributed by atoms with Crippen molar-refractivity contribution in [3.8, 4) is 0 Å². The van der Waals surface area contributed by atoms with E-state index >= 15 is 0 Å². The number of carbonyl (C=O) groups is 1. The molecule has 2 heterocycles. The highest BCUT2D eigenvalue weighted by Crippen LogP contribution is 2.18. The summed E-state index contributed by atoms with van der Waals surface area (Å²) in [5, 5.41) is 6.83. The maximum absolute atomic E-state index is 12.1. The summed E-state index contributed by atoms with van der Waals surface area (Å²) in [4.78, 5) is 16.2. The molecule has 0 saturated carbocycles. The molecule has 0 saturated heterocycles. The van der Waals surface area contributed by atoms with Gasteiger partial charge in [-0.15, -0.1) is 0 Å². The van der Waals surface area contributed by atoms with Crippen molar-refractivity contribution in [2.75, 3.05) is 5.32 Å². The Kier molecular flexibility index (Phi) is 3.47. The molecule has 0 aromatic carbocycles. The van der Waals surface area contributed by atoms with Crippen molar-refractivity contribution < 1.29 is 4.79 Å². The van der Waals surface area contributed by atoms with Gasteiger partial charge in [-0.3, -0.25) is 9.48 Å². The number of aromatic nitrogens is 3. The number of pyridine rings is 1. The van der Waals surface area contributed by atoms with Gasteiger partial charge in [0.25, 0.3) is 5.91 Å². The number of rotatable bonds is 2. The number of nitrogens with zero attached hydrogens (tertiary/aromatic N) is 3. The van der Waals surface area contributed by atoms with E-state index in [2.05, 4.69) is 31.3 Å². The van der Waals surface area contributed by atoms with E-state index in [0.717, 1.165) is 15.7 Å². The van der Waals surface area contributed by atoms with Gasteiger partial charge in [0.15, 0.2) is 0 Å². The summed E-state index contributed by atoms with van der Waals surface area (Å²) in [6.07, 6.45) is 3.21. The van der Waals surface area contributed by atoms with Gasteiger partial charge in [-0.25, -0.2) is 4.98 Å². The lowest BCUT2D eigenvalue weighted by atomic mass is 10.2. The van der Waals surface area contributed by atoms with E-state index in [1.807, 2.05) is 19.9 Å². The standard InChI is InChI=1S/C12H13BrN4O/c1-7-4-9(13)5-14-11(7)16-12(18)10-6-15-17(3)8(10)2/h4-6H,1-3H3,(H,14,16,18). The Morgan fingerprint density at radius 3 is 2.67 bits per heavy atom. The molecule has 94 valence electrons. The molecular formula is C12H13BrN4O. The van der Waals surface area contributed by atoms with Crippen LogP contribution in [0.25, 0.3) is 0 Å². The Bertz CT molecular complexity index is 606. The fraction of sp³-hybridized carbons (Fsp3) is 0.250. The molecule has 2 aromatic rings. The average Bonchev–Trinajstić information content (AvgIpc) is 2.64. The largest absolute Gasteiger partial charge is 0.306 e. The third-order valence-corrected chi connectivity index (χ3v) is 3.19. The lowest BCUT2D eigenvalue weighted by molar-refractivity contribution is 0.102. The number of nitrogens with one attached hydrogen (secondary N) is 1. The lowest BCUT2D eigenvalue weighted by Gasteiger charge is -2.07. The van der Waals surface area contributed by atoms with E-state index in [4.69, 9.17) is 0 Å². The summed E-state index contributed by atoms with van der Waals surface area (Å²) in [7, 11) is 1.80. The zero-order valence-electron chi connectivity index (χ0n) is 10.4. The molecule has 18 heavy (non-hydrogen) atoms. The number of hydrogen-bond donors (Lipinski definition) is 1. The van der Waals surface area contributed by atoms with E-state index < -0.39 is 0 Å². The van der Waals surface area contributed by atoms with Crippen LogP contribution < -0.4 is 5.32 Å². The molecule has 0 aliphatic carbocycles. The van der Waals surface area contributed by atoms with Crippen LogP contribution in [0.4, 0.5) is 5.82 Å². The Morgan fingerprint density at radius 1 is 1.39 bits per heavy atom. The van der Waals surface area contributed by atoms with Gasteiger partial charge in [-0.05, 0) is 41.4 Å². The van der Waals surface area contributed by atoms with Crippen LogP contribution in [-0.2, 0) is 7.05 Å². The zero-order chi connectivity index (χ0) is 13.3. The monoisotopic (exact) mass is 308 g/mol. The number of anilines is 1. The topological polar surface area (TPSA) is 59.8 Å². The minimum Gasteiger partial charge on any atom is -0.306 e. The maximum Gasteiger partial charge on any atom is 0.260 e. The number of hydrogen-bond acceptors (Lipinski definition) is 3. The molecule has 1 N–H and O–H groups in total. The van der Waals surface area contributed by atoms with Crippen LogP contribution in [0, 0.1) is 13.8 Å². The smallest absolute Gasteiger partial charge is 0.260 e. The van der Waals surface area contributed by atoms with Gasteiger partial charge in [0.1, 0.15) is 5.82 Å². The van der Waals surface area contributed by atoms with Crippen molar-refractivity contribution in [2.24, 2.45) is 7.05 Å². The van der Waals surface area contributed by atoms with Crippen LogP contribution in [0.1, 0.15) is 21.6 Å². The van der Waals surface area contributed by atoms with Crippen molar-refractivity contribution in [2.45, 2.75) is 13.8 Å². The third kappa shape index (κ3) is 2.43. The first-order chi connectivity index (χ1) is 8.49. The molecule has 0 unspecified atom stereocenters. The molecule has 0 atom stereocenters. The van der Waals surface area contributed by atoms with E-state index in [0.29, 0.717) is 11.4 Å². The molecule has 0 aliphatic heterocycles. The fourth-order valence-corrected chi connectivity index (χ4v) is 2.01. The van der Waals surface area contributed by atoms with Crippen LogP contribution in [0.3, 0.4) is 0 Å². The fourth-order valence-electron chi connectivity index (χ4n) is 1.57. The summed E-state index contributed by atoms with van der Waals surface area (Å²) in [6, 6.07) is 1.90. The molecule has 0 bridgehead atoms. The number of aryl methyl sites for hydroxylation is 2. The molecule has 0 spiro atoms. The SMILES string of the molecule is Cc1cc(Br)cnc1NC(=O)c1cnn(C)c1C. The van der Waals surface area contributed by atoms with Crippen LogP contribution in [0.15, 0.2) is 22.9 Å². The van der Waals surface area contributed by atoms with Crippen LogP contribution >= 0.6 is 15.9 Å². The van der Waals surface area contributed by atoms with Gasteiger partial charge in [0.05, 0.1) is 11.8 Å². The summed E-state index contributed by atoms with van der Waals surface area (Å²) in [5.74, 6) is 0.366. The molecule has 0 fully saturated rings. The molecule has 1 amide bonds. The second kappa shape index (κ2) is 4.89. The molecule has 0 radical (unpaired) electrons. The summed E-state index contributed by atoms with van der Waals surface area (Å²) in [6.45, 7) is 3.74. The molecule has 5 nitrogen and oxygen atoms in total. The minimum atomic E-state index is -0.196. The maximum atomic E-state index is 12.1. The Morgan fingerprint density at radius 2 is 2.11 bits per heavy atom. The van der Waals surface area contributed by atoms with Crippen molar-refractivity contribution in [3.05, 3.63) is 39.8 Å². The predicted octanol–water partition coefficient (Wildman–Crippen LogP) is 2.45. The van der Waals surface area contributed by atoms with Crippen molar-refractivity contribution in [1.82, 2.24) is 14.8 Å². The lowest BCUT2D eigenvalue weighted by Crippen LogP contribution is -2.14. The zero-order valence-corrected chi connectivity index (χ0v) is 11.9. The Balaban J connectivity index is 2.24. The molecular weight excluding hydrogens is 296 g/mol. The Labute approximate surface area is 113 Å². The minimum absolute atomic E-state index is 0.196. The quantitative estimate of drug-likeness (QED) is 0.927. The highest BCUT2D eigenvalue weighted by Gasteiger charge is 2.14. The molecule has 0 aliphatic rings. The van der Waals surface area contributed by atoms with E-state index in [-0.39, 0.29) is 5.91 Å². The first-order valence-electron chi connectivity index (χ1n) is 5.41. The van der Waals surface area contributed by atoms with Crippen LogP contribution in [0.5, 0.6) is 0 Å². The third-order valence-electron chi connectivity index (χ3n) is 2.76. The highest BCUT2D eigenvalue weighted by molar-refractivity contribution is 9.10. The van der Waals surface area contributed by atoms with E-state index in [1.165, 1.54) is 0 Å².